The Bertz CT molecular complexity index is 3580. The fraction of sp³-hybridized carbons (Fsp3) is 0.433. The van der Waals surface area contributed by atoms with Crippen LogP contribution in [-0.4, -0.2) is 96.1 Å². The van der Waals surface area contributed by atoms with Crippen LogP contribution in [0.5, 0.6) is 28.7 Å². The molecule has 10 atom stereocenters. The number of esters is 1. The fourth-order valence-electron chi connectivity index (χ4n) is 15.9. The highest BCUT2D eigenvalue weighted by molar-refractivity contribution is 5.94. The maximum atomic E-state index is 15.4. The van der Waals surface area contributed by atoms with Crippen molar-refractivity contribution in [1.82, 2.24) is 14.5 Å². The van der Waals surface area contributed by atoms with Crippen molar-refractivity contribution in [2.75, 3.05) is 26.9 Å². The third kappa shape index (κ3) is 10.5. The molecular weight excluding hydrogens is 1020 g/mol. The molecule has 1 aliphatic heterocycles. The lowest BCUT2D eigenvalue weighted by atomic mass is 9.47. The number of nitrogens with one attached hydrogen (secondary N) is 2. The smallest absolute Gasteiger partial charge is 0.318 e. The minimum atomic E-state index is -0.790. The number of para-hydroxylation sites is 1. The molecule has 1 spiro atoms. The number of rotatable bonds is 13. The Morgan fingerprint density at radius 1 is 0.864 bits per heavy atom. The van der Waals surface area contributed by atoms with Gasteiger partial charge in [-0.25, -0.2) is 0 Å². The molecule has 3 saturated carbocycles. The lowest BCUT2D eigenvalue weighted by molar-refractivity contribution is -0.149. The molecule has 4 aliphatic carbocycles. The Hall–Kier alpha value is -7.44. The topological polar surface area (TPSA) is 220 Å². The number of aromatic nitrogens is 3. The average Bonchev–Trinajstić information content (AvgIpc) is 4.42. The Balaban J connectivity index is 0.987. The molecule has 12 rings (SSSR count). The summed E-state index contributed by atoms with van der Waals surface area (Å²) in [5.74, 6) is 6.49. The molecule has 14 nitrogen and oxygen atoms in total. The second-order valence-electron chi connectivity index (χ2n) is 23.7. The number of aromatic amines is 2. The third-order valence-corrected chi connectivity index (χ3v) is 19.1. The number of hydrogen-bond donors (Lipinski definition) is 8. The first-order valence-corrected chi connectivity index (χ1v) is 29.1. The number of benzene rings is 4. The monoisotopic (exact) mass is 1100 g/mol. The predicted octanol–water partition coefficient (Wildman–Crippen LogP) is 11.2. The average molecular weight is 1100 g/mol. The summed E-state index contributed by atoms with van der Waals surface area (Å²) in [6.07, 6.45) is 11.2. The highest BCUT2D eigenvalue weighted by atomic mass is 16.5. The summed E-state index contributed by atoms with van der Waals surface area (Å²) in [6, 6.07) is 28.7. The van der Waals surface area contributed by atoms with Crippen molar-refractivity contribution in [3.05, 3.63) is 131 Å². The van der Waals surface area contributed by atoms with Crippen molar-refractivity contribution in [2.45, 2.75) is 120 Å². The number of carbonyl (C=O) groups is 2. The maximum Gasteiger partial charge on any atom is 0.318 e. The number of Topliss-reactive ketones (excluding diaryl/α,β-unsaturated/α-hetero) is 1. The summed E-state index contributed by atoms with van der Waals surface area (Å²) in [6.45, 7) is -0.149. The number of methoxy groups -OCH3 is 1. The number of cyclic esters (lactones) is 1. The Morgan fingerprint density at radius 2 is 1.73 bits per heavy atom. The van der Waals surface area contributed by atoms with Gasteiger partial charge < -0.3 is 59.4 Å². The van der Waals surface area contributed by atoms with E-state index in [-0.39, 0.29) is 115 Å². The summed E-state index contributed by atoms with van der Waals surface area (Å²) in [4.78, 5) is 36.4. The zero-order chi connectivity index (χ0) is 55.9. The SMILES string of the molecule is COc1cc2c(cc1O)C1=CC3CC4(CCC(C(CCCO)n5c(-c6cccc(O)c6)cc6[nH]ccc65)C4)C4CC(O)CCC4C3C2CC(=O)CC(CCc2ccc(O)c(OCCO)c2)OC(=O)CC#CCc2c1[nH]c1ccccc21. The van der Waals surface area contributed by atoms with E-state index >= 15 is 4.79 Å². The van der Waals surface area contributed by atoms with Crippen molar-refractivity contribution in [3.63, 3.8) is 0 Å². The van der Waals surface area contributed by atoms with Crippen molar-refractivity contribution < 1.29 is 54.4 Å². The molecule has 0 saturated heterocycles. The van der Waals surface area contributed by atoms with Crippen LogP contribution in [-0.2, 0) is 27.2 Å². The summed E-state index contributed by atoms with van der Waals surface area (Å²) >= 11 is 0. The van der Waals surface area contributed by atoms with Crippen LogP contribution in [0.25, 0.3) is 38.8 Å². The van der Waals surface area contributed by atoms with Gasteiger partial charge in [-0.15, -0.1) is 0 Å². The summed E-state index contributed by atoms with van der Waals surface area (Å²) < 4.78 is 20.2. The van der Waals surface area contributed by atoms with Crippen LogP contribution < -0.4 is 9.47 Å². The summed E-state index contributed by atoms with van der Waals surface area (Å²) in [7, 11) is 1.55. The number of H-pyrrole nitrogens is 2. The number of phenolic OH excluding ortho intramolecular Hbond substituents is 3. The number of hydrogen-bond acceptors (Lipinski definition) is 11. The zero-order valence-electron chi connectivity index (χ0n) is 45.9. The van der Waals surface area contributed by atoms with Gasteiger partial charge in [0.1, 0.15) is 30.7 Å². The molecule has 0 amide bonds. The van der Waals surface area contributed by atoms with Crippen LogP contribution in [0.2, 0.25) is 0 Å². The van der Waals surface area contributed by atoms with Gasteiger partial charge in [0, 0.05) is 60.1 Å². The van der Waals surface area contributed by atoms with E-state index in [1.807, 2.05) is 48.7 Å². The van der Waals surface area contributed by atoms with Gasteiger partial charge in [-0.1, -0.05) is 54.3 Å². The number of aromatic hydroxyl groups is 3. The van der Waals surface area contributed by atoms with Gasteiger partial charge >= 0.3 is 5.97 Å². The number of fused-ring (bicyclic) bond motifs is 10. The molecule has 5 aliphatic rings. The zero-order valence-corrected chi connectivity index (χ0v) is 45.9. The molecule has 81 heavy (non-hydrogen) atoms. The number of aliphatic hydroxyl groups is 3. The first kappa shape index (κ1) is 54.2. The van der Waals surface area contributed by atoms with Crippen molar-refractivity contribution >= 4 is 39.3 Å². The second-order valence-corrected chi connectivity index (χ2v) is 23.7. The van der Waals surface area contributed by atoms with Gasteiger partial charge in [-0.2, -0.15) is 0 Å². The number of aliphatic hydroxyl groups excluding tert-OH is 3. The Morgan fingerprint density at radius 3 is 2.57 bits per heavy atom. The number of ether oxygens (including phenoxy) is 3. The van der Waals surface area contributed by atoms with Gasteiger partial charge in [-0.3, -0.25) is 9.59 Å². The van der Waals surface area contributed by atoms with Crippen LogP contribution >= 0.6 is 0 Å². The molecule has 14 heteroatoms. The van der Waals surface area contributed by atoms with E-state index in [1.54, 1.807) is 25.3 Å². The van der Waals surface area contributed by atoms with E-state index in [9.17, 15) is 35.4 Å². The van der Waals surface area contributed by atoms with Crippen LogP contribution in [0.15, 0.2) is 103 Å². The van der Waals surface area contributed by atoms with E-state index in [4.69, 9.17) is 14.2 Å². The van der Waals surface area contributed by atoms with E-state index in [0.717, 1.165) is 105 Å². The van der Waals surface area contributed by atoms with Crippen LogP contribution in [0.1, 0.15) is 123 Å². The van der Waals surface area contributed by atoms with Gasteiger partial charge in [0.15, 0.2) is 23.0 Å². The maximum absolute atomic E-state index is 15.4. The van der Waals surface area contributed by atoms with Crippen molar-refractivity contribution in [2.24, 2.45) is 35.0 Å². The molecule has 10 unspecified atom stereocenters. The molecule has 3 aromatic heterocycles. The van der Waals surface area contributed by atoms with Gasteiger partial charge in [0.05, 0.1) is 42.2 Å². The molecule has 0 radical (unpaired) electrons. The number of ketones is 1. The first-order valence-electron chi connectivity index (χ1n) is 29.1. The Kier molecular flexibility index (Phi) is 15.3. The fourth-order valence-corrected chi connectivity index (χ4v) is 15.9. The van der Waals surface area contributed by atoms with E-state index in [2.05, 4.69) is 56.7 Å². The molecule has 422 valence electrons. The molecular formula is C67H73N3O11. The highest BCUT2D eigenvalue weighted by Gasteiger charge is 2.59. The predicted molar refractivity (Wildman–Crippen MR) is 309 cm³/mol. The quantitative estimate of drug-likeness (QED) is 0.0401. The second kappa shape index (κ2) is 22.8. The minimum Gasteiger partial charge on any atom is -0.508 e. The van der Waals surface area contributed by atoms with Crippen LogP contribution in [0, 0.1) is 46.8 Å². The van der Waals surface area contributed by atoms with Crippen LogP contribution in [0.3, 0.4) is 0 Å². The molecule has 8 N–H and O–H groups in total. The van der Waals surface area contributed by atoms with Crippen molar-refractivity contribution in [3.8, 4) is 51.8 Å². The molecule has 2 bridgehead atoms. The van der Waals surface area contributed by atoms with E-state index in [0.29, 0.717) is 44.3 Å². The van der Waals surface area contributed by atoms with Crippen LogP contribution in [0.4, 0.5) is 0 Å². The van der Waals surface area contributed by atoms with Crippen molar-refractivity contribution in [1.29, 1.82) is 0 Å². The van der Waals surface area contributed by atoms with E-state index < -0.39 is 18.2 Å². The van der Waals surface area contributed by atoms with E-state index in [1.165, 1.54) is 6.07 Å². The lowest BCUT2D eigenvalue weighted by Gasteiger charge is -2.57. The standard InChI is InChI=1S/C67H73N3O11/c1-79-62-35-51-50(34-61(62)77)53-30-42-38-67(23-21-41(37-67)57(13-7-25-71)70-58-22-24-68-56(58)36-59(70)40-8-6-9-43(73)29-40)54-33-44(74)17-19-49(54)65(42)52(51)32-45(75)31-46(18-15-39-16-20-60(76)63(28-39)80-27-26-72)81-64(78)14-5-3-11-48-47-10-2-4-12-55(47)69-66(48)53/h2,4,6,8-10,12,16,20,22,24,28-30,34-36,41-42,44,46,49,52,54,57,65,68-69,71-74,76-77H,7,11,13-15,17-19,21,23,25-27,31-33,37-38H2,1H3. The number of nitrogens with zero attached hydrogens (tertiary/aromatic N) is 1. The number of phenols is 3. The highest BCUT2D eigenvalue weighted by Crippen LogP contribution is 2.68. The number of carbonyl (C=O) groups excluding carboxylic acids is 2. The first-order chi connectivity index (χ1) is 39.4. The molecule has 7 aromatic rings. The lowest BCUT2D eigenvalue weighted by Crippen LogP contribution is -2.51. The summed E-state index contributed by atoms with van der Waals surface area (Å²) in [5.41, 5.74) is 10.1. The molecule has 4 heterocycles. The van der Waals surface area contributed by atoms with Gasteiger partial charge in [0.25, 0.3) is 0 Å². The minimum absolute atomic E-state index is 0.00778. The summed E-state index contributed by atoms with van der Waals surface area (Å²) in [5, 5.41) is 65.9. The largest absolute Gasteiger partial charge is 0.508 e. The van der Waals surface area contributed by atoms with Gasteiger partial charge in [-0.05, 0) is 188 Å². The Labute approximate surface area is 471 Å². The normalized spacial score (nSPS) is 26.0. The molecule has 4 aromatic carbocycles. The number of allylic oxidation sites excluding steroid dienone is 1. The number of aryl methyl sites for hydroxylation is 1. The molecule has 3 fully saturated rings. The third-order valence-electron chi connectivity index (χ3n) is 19.1. The van der Waals surface area contributed by atoms with Gasteiger partial charge in [0.2, 0.25) is 0 Å².